The topological polar surface area (TPSA) is 57.6 Å². The Balaban J connectivity index is 2.64. The zero-order valence-corrected chi connectivity index (χ0v) is 11.2. The van der Waals surface area contributed by atoms with Gasteiger partial charge in [0.2, 0.25) is 5.91 Å². The number of aliphatic carboxylic acids is 1. The Morgan fingerprint density at radius 2 is 1.82 bits per heavy atom. The summed E-state index contributed by atoms with van der Waals surface area (Å²) in [6.07, 6.45) is 2.73. The van der Waals surface area contributed by atoms with Crippen molar-refractivity contribution >= 4 is 11.9 Å². The van der Waals surface area contributed by atoms with Gasteiger partial charge in [-0.05, 0) is 39.5 Å². The Kier molecular flexibility index (Phi) is 4.17. The average Bonchev–Trinajstić information content (AvgIpc) is 2.76. The first-order valence-electron chi connectivity index (χ1n) is 6.30. The fourth-order valence-electron chi connectivity index (χ4n) is 2.24. The van der Waals surface area contributed by atoms with Crippen LogP contribution in [0.4, 0.5) is 0 Å². The number of carboxylic acid groups (broad SMARTS) is 1. The molecule has 1 aliphatic rings. The molecule has 0 aromatic rings. The van der Waals surface area contributed by atoms with Crippen LogP contribution in [0.3, 0.4) is 0 Å². The van der Waals surface area contributed by atoms with Crippen molar-refractivity contribution in [2.45, 2.75) is 52.0 Å². The van der Waals surface area contributed by atoms with E-state index in [0.717, 1.165) is 6.42 Å². The molecular formula is C13H23NO3. The van der Waals surface area contributed by atoms with Crippen LogP contribution in [0.1, 0.15) is 46.5 Å². The standard InChI is InChI=1S/C13H23NO3/c1-5-13(2,3)14(4)11(15)9-6-7-10(8-9)12(16)17/h9-10H,5-8H2,1-4H3,(H,16,17). The van der Waals surface area contributed by atoms with E-state index in [2.05, 4.69) is 6.92 Å². The molecule has 0 saturated heterocycles. The van der Waals surface area contributed by atoms with Crippen molar-refractivity contribution in [2.75, 3.05) is 7.05 Å². The molecule has 1 N–H and O–H groups in total. The third-order valence-corrected chi connectivity index (χ3v) is 4.23. The fourth-order valence-corrected chi connectivity index (χ4v) is 2.24. The summed E-state index contributed by atoms with van der Waals surface area (Å²) in [6, 6.07) is 0. The molecule has 0 radical (unpaired) electrons. The van der Waals surface area contributed by atoms with Gasteiger partial charge in [0.15, 0.2) is 0 Å². The highest BCUT2D eigenvalue weighted by atomic mass is 16.4. The number of carboxylic acids is 1. The minimum atomic E-state index is -0.766. The average molecular weight is 241 g/mol. The molecule has 2 atom stereocenters. The first kappa shape index (κ1) is 14.0. The third-order valence-electron chi connectivity index (χ3n) is 4.23. The van der Waals surface area contributed by atoms with Gasteiger partial charge in [0.1, 0.15) is 0 Å². The molecule has 17 heavy (non-hydrogen) atoms. The molecule has 1 rings (SSSR count). The van der Waals surface area contributed by atoms with Crippen LogP contribution in [-0.2, 0) is 9.59 Å². The van der Waals surface area contributed by atoms with E-state index in [4.69, 9.17) is 5.11 Å². The molecule has 98 valence electrons. The van der Waals surface area contributed by atoms with Crippen molar-refractivity contribution in [1.29, 1.82) is 0 Å². The largest absolute Gasteiger partial charge is 0.481 e. The number of nitrogens with zero attached hydrogens (tertiary/aromatic N) is 1. The molecule has 4 nitrogen and oxygen atoms in total. The number of amides is 1. The van der Waals surface area contributed by atoms with Gasteiger partial charge in [-0.2, -0.15) is 0 Å². The molecule has 0 aromatic carbocycles. The van der Waals surface area contributed by atoms with Crippen molar-refractivity contribution in [3.05, 3.63) is 0 Å². The first-order chi connectivity index (χ1) is 7.79. The number of rotatable bonds is 4. The van der Waals surface area contributed by atoms with Crippen LogP contribution in [0.5, 0.6) is 0 Å². The van der Waals surface area contributed by atoms with E-state index in [1.54, 1.807) is 4.90 Å². The molecule has 0 heterocycles. The zero-order valence-electron chi connectivity index (χ0n) is 11.2. The number of carbonyl (C=O) groups is 2. The van der Waals surface area contributed by atoms with Gasteiger partial charge in [0.25, 0.3) is 0 Å². The summed E-state index contributed by atoms with van der Waals surface area (Å²) in [4.78, 5) is 24.9. The zero-order chi connectivity index (χ0) is 13.2. The van der Waals surface area contributed by atoms with E-state index < -0.39 is 5.97 Å². The van der Waals surface area contributed by atoms with Crippen LogP contribution in [0.2, 0.25) is 0 Å². The summed E-state index contributed by atoms with van der Waals surface area (Å²) in [6.45, 7) is 6.13. The second kappa shape index (κ2) is 5.07. The maximum absolute atomic E-state index is 12.3. The van der Waals surface area contributed by atoms with E-state index in [9.17, 15) is 9.59 Å². The van der Waals surface area contributed by atoms with E-state index in [-0.39, 0.29) is 23.3 Å². The van der Waals surface area contributed by atoms with Gasteiger partial charge in [-0.3, -0.25) is 9.59 Å². The molecule has 0 bridgehead atoms. The lowest BCUT2D eigenvalue weighted by Gasteiger charge is -2.36. The summed E-state index contributed by atoms with van der Waals surface area (Å²) in [5.74, 6) is -1.10. The van der Waals surface area contributed by atoms with Crippen molar-refractivity contribution in [2.24, 2.45) is 11.8 Å². The fraction of sp³-hybridized carbons (Fsp3) is 0.846. The third kappa shape index (κ3) is 2.99. The summed E-state index contributed by atoms with van der Waals surface area (Å²) in [5, 5.41) is 8.93. The maximum atomic E-state index is 12.3. The predicted octanol–water partition coefficient (Wildman–Crippen LogP) is 2.13. The summed E-state index contributed by atoms with van der Waals surface area (Å²) < 4.78 is 0. The molecule has 2 unspecified atom stereocenters. The summed E-state index contributed by atoms with van der Waals surface area (Å²) >= 11 is 0. The Morgan fingerprint density at radius 3 is 2.24 bits per heavy atom. The van der Waals surface area contributed by atoms with Crippen molar-refractivity contribution in [1.82, 2.24) is 4.90 Å². The van der Waals surface area contributed by atoms with Crippen molar-refractivity contribution in [3.63, 3.8) is 0 Å². The highest BCUT2D eigenvalue weighted by Gasteiger charge is 2.37. The molecule has 1 fully saturated rings. The second-order valence-electron chi connectivity index (χ2n) is 5.61. The molecule has 1 amide bonds. The van der Waals surface area contributed by atoms with Gasteiger partial charge in [0, 0.05) is 18.5 Å². The Hall–Kier alpha value is -1.06. The SMILES string of the molecule is CCC(C)(C)N(C)C(=O)C1CCC(C(=O)O)C1. The van der Waals surface area contributed by atoms with E-state index >= 15 is 0 Å². The van der Waals surface area contributed by atoms with E-state index in [1.165, 1.54) is 0 Å². The summed E-state index contributed by atoms with van der Waals surface area (Å²) in [7, 11) is 1.82. The molecule has 0 aliphatic heterocycles. The smallest absolute Gasteiger partial charge is 0.306 e. The van der Waals surface area contributed by atoms with Gasteiger partial charge in [-0.1, -0.05) is 6.92 Å². The van der Waals surface area contributed by atoms with Gasteiger partial charge >= 0.3 is 5.97 Å². The van der Waals surface area contributed by atoms with Crippen LogP contribution in [-0.4, -0.2) is 34.5 Å². The van der Waals surface area contributed by atoms with Crippen LogP contribution in [0, 0.1) is 11.8 Å². The Bertz CT molecular complexity index is 312. The molecule has 0 aromatic heterocycles. The highest BCUT2D eigenvalue weighted by Crippen LogP contribution is 2.33. The summed E-state index contributed by atoms with van der Waals surface area (Å²) in [5.41, 5.74) is -0.154. The lowest BCUT2D eigenvalue weighted by atomic mass is 9.96. The maximum Gasteiger partial charge on any atom is 0.306 e. The van der Waals surface area contributed by atoms with E-state index in [1.807, 2.05) is 20.9 Å². The predicted molar refractivity (Wildman–Crippen MR) is 65.6 cm³/mol. The van der Waals surface area contributed by atoms with Crippen LogP contribution >= 0.6 is 0 Å². The Labute approximate surface area is 103 Å². The number of hydrogen-bond acceptors (Lipinski definition) is 2. The van der Waals surface area contributed by atoms with Crippen LogP contribution in [0.25, 0.3) is 0 Å². The molecule has 1 aliphatic carbocycles. The number of carbonyl (C=O) groups excluding carboxylic acids is 1. The van der Waals surface area contributed by atoms with Crippen LogP contribution < -0.4 is 0 Å². The minimum absolute atomic E-state index is 0.0978. The van der Waals surface area contributed by atoms with Gasteiger partial charge in [-0.15, -0.1) is 0 Å². The molecular weight excluding hydrogens is 218 g/mol. The normalized spacial score (nSPS) is 24.7. The molecule has 4 heteroatoms. The molecule has 1 saturated carbocycles. The second-order valence-corrected chi connectivity index (χ2v) is 5.61. The number of hydrogen-bond donors (Lipinski definition) is 1. The van der Waals surface area contributed by atoms with Crippen molar-refractivity contribution in [3.8, 4) is 0 Å². The Morgan fingerprint density at radius 1 is 1.29 bits per heavy atom. The van der Waals surface area contributed by atoms with Gasteiger partial charge in [-0.25, -0.2) is 0 Å². The van der Waals surface area contributed by atoms with Gasteiger partial charge in [0.05, 0.1) is 5.92 Å². The first-order valence-corrected chi connectivity index (χ1v) is 6.30. The lowest BCUT2D eigenvalue weighted by Crippen LogP contribution is -2.46. The van der Waals surface area contributed by atoms with Gasteiger partial charge < -0.3 is 10.0 Å². The van der Waals surface area contributed by atoms with Crippen LogP contribution in [0.15, 0.2) is 0 Å². The molecule has 0 spiro atoms. The quantitative estimate of drug-likeness (QED) is 0.820. The lowest BCUT2D eigenvalue weighted by molar-refractivity contribution is -0.142. The highest BCUT2D eigenvalue weighted by molar-refractivity contribution is 5.81. The minimum Gasteiger partial charge on any atom is -0.481 e. The van der Waals surface area contributed by atoms with Crippen molar-refractivity contribution < 1.29 is 14.7 Å². The van der Waals surface area contributed by atoms with E-state index in [0.29, 0.717) is 19.3 Å². The monoisotopic (exact) mass is 241 g/mol.